The maximum absolute atomic E-state index is 11.9. The molecule has 0 bridgehead atoms. The van der Waals surface area contributed by atoms with Crippen LogP contribution in [-0.4, -0.2) is 26.6 Å². The molecule has 5 heteroatoms. The SMILES string of the molecule is CC(=O)c1cccc(S(=O)(=O)CCCF)c1. The molecule has 0 aliphatic rings. The molecule has 0 N–H and O–H groups in total. The fourth-order valence-electron chi connectivity index (χ4n) is 1.27. The van der Waals surface area contributed by atoms with Crippen LogP contribution in [0, 0.1) is 0 Å². The van der Waals surface area contributed by atoms with Gasteiger partial charge in [-0.2, -0.15) is 0 Å². The normalized spacial score (nSPS) is 11.4. The summed E-state index contributed by atoms with van der Waals surface area (Å²) < 4.78 is 35.3. The first-order valence-corrected chi connectivity index (χ1v) is 6.52. The Morgan fingerprint density at radius 1 is 1.38 bits per heavy atom. The Balaban J connectivity index is 3.04. The third-order valence-corrected chi connectivity index (χ3v) is 3.94. The van der Waals surface area contributed by atoms with E-state index in [1.807, 2.05) is 0 Å². The Morgan fingerprint density at radius 3 is 2.62 bits per heavy atom. The lowest BCUT2D eigenvalue weighted by Crippen LogP contribution is -2.08. The first-order chi connectivity index (χ1) is 7.47. The van der Waals surface area contributed by atoms with Crippen LogP contribution in [0.25, 0.3) is 0 Å². The molecular formula is C11H13FO3S. The second kappa shape index (κ2) is 5.21. The number of Topliss-reactive ketones (excluding diaryl/α,β-unsaturated/α-hetero) is 1. The predicted molar refractivity (Wildman–Crippen MR) is 59.1 cm³/mol. The maximum atomic E-state index is 11.9. The van der Waals surface area contributed by atoms with Crippen molar-refractivity contribution in [1.82, 2.24) is 0 Å². The first kappa shape index (κ1) is 12.8. The van der Waals surface area contributed by atoms with Crippen molar-refractivity contribution < 1.29 is 17.6 Å². The van der Waals surface area contributed by atoms with Crippen molar-refractivity contribution in [2.45, 2.75) is 18.2 Å². The number of benzene rings is 1. The summed E-state index contributed by atoms with van der Waals surface area (Å²) in [5, 5.41) is 0. The van der Waals surface area contributed by atoms with Crippen LogP contribution in [0.4, 0.5) is 4.39 Å². The smallest absolute Gasteiger partial charge is 0.178 e. The van der Waals surface area contributed by atoms with Crippen molar-refractivity contribution in [3.8, 4) is 0 Å². The molecule has 0 spiro atoms. The molecule has 0 saturated heterocycles. The van der Waals surface area contributed by atoms with Crippen molar-refractivity contribution in [3.05, 3.63) is 29.8 Å². The molecule has 1 aromatic carbocycles. The molecular weight excluding hydrogens is 231 g/mol. The Bertz CT molecular complexity index is 480. The van der Waals surface area contributed by atoms with Crippen molar-refractivity contribution in [2.75, 3.05) is 12.4 Å². The van der Waals surface area contributed by atoms with E-state index in [0.29, 0.717) is 5.56 Å². The number of halogens is 1. The second-order valence-corrected chi connectivity index (χ2v) is 5.55. The zero-order chi connectivity index (χ0) is 12.2. The van der Waals surface area contributed by atoms with Gasteiger partial charge in [0.15, 0.2) is 15.6 Å². The minimum Gasteiger partial charge on any atom is -0.295 e. The lowest BCUT2D eigenvalue weighted by Gasteiger charge is -2.04. The number of carbonyl (C=O) groups excluding carboxylic acids is 1. The molecule has 3 nitrogen and oxygen atoms in total. The molecule has 0 heterocycles. The summed E-state index contributed by atoms with van der Waals surface area (Å²) in [4.78, 5) is 11.2. The van der Waals surface area contributed by atoms with Crippen LogP contribution in [0.3, 0.4) is 0 Å². The predicted octanol–water partition coefficient (Wildman–Crippen LogP) is 2.02. The molecule has 0 aromatic heterocycles. The van der Waals surface area contributed by atoms with Gasteiger partial charge in [-0.05, 0) is 25.5 Å². The number of hydrogen-bond acceptors (Lipinski definition) is 3. The van der Waals surface area contributed by atoms with Gasteiger partial charge in [-0.3, -0.25) is 9.18 Å². The van der Waals surface area contributed by atoms with Gasteiger partial charge in [0.25, 0.3) is 0 Å². The van der Waals surface area contributed by atoms with Gasteiger partial charge in [-0.15, -0.1) is 0 Å². The number of sulfone groups is 1. The number of hydrogen-bond donors (Lipinski definition) is 0. The topological polar surface area (TPSA) is 51.2 Å². The Kier molecular flexibility index (Phi) is 4.18. The highest BCUT2D eigenvalue weighted by Gasteiger charge is 2.14. The van der Waals surface area contributed by atoms with Crippen LogP contribution >= 0.6 is 0 Å². The summed E-state index contributed by atoms with van der Waals surface area (Å²) in [5.41, 5.74) is 0.348. The average Bonchev–Trinajstić information content (AvgIpc) is 2.26. The largest absolute Gasteiger partial charge is 0.295 e. The van der Waals surface area contributed by atoms with Crippen LogP contribution in [0.15, 0.2) is 29.2 Å². The van der Waals surface area contributed by atoms with Crippen molar-refractivity contribution in [3.63, 3.8) is 0 Å². The number of ketones is 1. The fourth-order valence-corrected chi connectivity index (χ4v) is 2.59. The van der Waals surface area contributed by atoms with E-state index in [9.17, 15) is 17.6 Å². The van der Waals surface area contributed by atoms with Crippen LogP contribution in [0.1, 0.15) is 23.7 Å². The highest BCUT2D eigenvalue weighted by atomic mass is 32.2. The van der Waals surface area contributed by atoms with E-state index in [-0.39, 0.29) is 22.9 Å². The van der Waals surface area contributed by atoms with Crippen molar-refractivity contribution >= 4 is 15.6 Å². The van der Waals surface area contributed by atoms with Crippen LogP contribution in [0.2, 0.25) is 0 Å². The van der Waals surface area contributed by atoms with Gasteiger partial charge in [-0.25, -0.2) is 8.42 Å². The van der Waals surface area contributed by atoms with E-state index >= 15 is 0 Å². The fraction of sp³-hybridized carbons (Fsp3) is 0.364. The van der Waals surface area contributed by atoms with E-state index in [1.165, 1.54) is 25.1 Å². The van der Waals surface area contributed by atoms with Gasteiger partial charge in [0, 0.05) is 5.56 Å². The number of alkyl halides is 1. The maximum Gasteiger partial charge on any atom is 0.178 e. The third kappa shape index (κ3) is 3.13. The molecule has 1 aromatic rings. The molecule has 0 saturated carbocycles. The highest BCUT2D eigenvalue weighted by Crippen LogP contribution is 2.14. The molecule has 0 amide bonds. The van der Waals surface area contributed by atoms with E-state index in [1.54, 1.807) is 6.07 Å². The van der Waals surface area contributed by atoms with E-state index < -0.39 is 16.5 Å². The van der Waals surface area contributed by atoms with Crippen molar-refractivity contribution in [1.29, 1.82) is 0 Å². The van der Waals surface area contributed by atoms with Crippen molar-refractivity contribution in [2.24, 2.45) is 0 Å². The van der Waals surface area contributed by atoms with E-state index in [0.717, 1.165) is 0 Å². The summed E-state index contributed by atoms with van der Waals surface area (Å²) in [5.74, 6) is -0.423. The molecule has 1 rings (SSSR count). The van der Waals surface area contributed by atoms with Crippen LogP contribution < -0.4 is 0 Å². The lowest BCUT2D eigenvalue weighted by molar-refractivity contribution is 0.101. The molecule has 0 radical (unpaired) electrons. The zero-order valence-electron chi connectivity index (χ0n) is 8.94. The van der Waals surface area contributed by atoms with Gasteiger partial charge >= 0.3 is 0 Å². The molecule has 88 valence electrons. The minimum absolute atomic E-state index is 0.0212. The minimum atomic E-state index is -3.47. The number of carbonyl (C=O) groups is 1. The zero-order valence-corrected chi connectivity index (χ0v) is 9.76. The first-order valence-electron chi connectivity index (χ1n) is 4.87. The van der Waals surface area contributed by atoms with E-state index in [4.69, 9.17) is 0 Å². The average molecular weight is 244 g/mol. The van der Waals surface area contributed by atoms with Crippen LogP contribution in [0.5, 0.6) is 0 Å². The van der Waals surface area contributed by atoms with Gasteiger partial charge in [0.2, 0.25) is 0 Å². The second-order valence-electron chi connectivity index (χ2n) is 3.45. The van der Waals surface area contributed by atoms with Gasteiger partial charge in [-0.1, -0.05) is 12.1 Å². The summed E-state index contributed by atoms with van der Waals surface area (Å²) >= 11 is 0. The molecule has 0 aliphatic carbocycles. The standard InChI is InChI=1S/C11H13FO3S/c1-9(13)10-4-2-5-11(8-10)16(14,15)7-3-6-12/h2,4-5,8H,3,6-7H2,1H3. The Labute approximate surface area is 94.2 Å². The quantitative estimate of drug-likeness (QED) is 0.744. The lowest BCUT2D eigenvalue weighted by atomic mass is 10.2. The molecule has 0 fully saturated rings. The Morgan fingerprint density at radius 2 is 2.06 bits per heavy atom. The monoisotopic (exact) mass is 244 g/mol. The summed E-state index contributed by atoms with van der Waals surface area (Å²) in [7, 11) is -3.47. The van der Waals surface area contributed by atoms with Gasteiger partial charge in [0.05, 0.1) is 17.3 Å². The summed E-state index contributed by atoms with van der Waals surface area (Å²) in [6, 6.07) is 5.81. The molecule has 0 aliphatic heterocycles. The van der Waals surface area contributed by atoms with Gasteiger partial charge in [0.1, 0.15) is 0 Å². The number of rotatable bonds is 5. The van der Waals surface area contributed by atoms with Gasteiger partial charge < -0.3 is 0 Å². The summed E-state index contributed by atoms with van der Waals surface area (Å²) in [6.45, 7) is 0.707. The van der Waals surface area contributed by atoms with E-state index in [2.05, 4.69) is 0 Å². The molecule has 0 unspecified atom stereocenters. The van der Waals surface area contributed by atoms with Crippen LogP contribution in [-0.2, 0) is 9.84 Å². The highest BCUT2D eigenvalue weighted by molar-refractivity contribution is 7.91. The molecule has 0 atom stereocenters. The third-order valence-electron chi connectivity index (χ3n) is 2.15. The summed E-state index contributed by atoms with van der Waals surface area (Å²) in [6.07, 6.45) is -0.0212. The Hall–Kier alpha value is -1.23. The molecule has 16 heavy (non-hydrogen) atoms.